The first-order chi connectivity index (χ1) is 31.1. The molecule has 4 heteroatoms. The Bertz CT molecular complexity index is 3630. The quantitative estimate of drug-likeness (QED) is 0.165. The maximum atomic E-state index is 7.00. The molecule has 11 aromatic rings. The number of para-hydroxylation sites is 2. The van der Waals surface area contributed by atoms with Crippen LogP contribution in [0.1, 0.15) is 30.0 Å². The number of nitrogens with zero attached hydrogens (tertiary/aromatic N) is 3. The molecule has 1 atom stereocenters. The molecule has 1 unspecified atom stereocenters. The second-order valence-electron chi connectivity index (χ2n) is 16.5. The van der Waals surface area contributed by atoms with Crippen molar-refractivity contribution in [3.8, 4) is 27.9 Å². The van der Waals surface area contributed by atoms with Crippen molar-refractivity contribution in [1.29, 1.82) is 0 Å². The summed E-state index contributed by atoms with van der Waals surface area (Å²) in [5.41, 5.74) is 14.5. The molecule has 63 heavy (non-hydrogen) atoms. The Balaban J connectivity index is 1.09. The third-order valence-corrected chi connectivity index (χ3v) is 12.7. The third kappa shape index (κ3) is 6.38. The SMILES string of the molecule is CC1C/C=C(c2ccc(-c3ccccc3)cc2)/N=C(c2ccc(-n3c4ccccc4c4cc5ccccc5cc43)c3oc4ccccc4c23)\N=C/1c1ccc(-c2ccccc2)cc1. The number of rotatable bonds is 6. The molecule has 0 aliphatic carbocycles. The van der Waals surface area contributed by atoms with Crippen molar-refractivity contribution in [3.05, 3.63) is 229 Å². The van der Waals surface area contributed by atoms with Crippen molar-refractivity contribution in [2.45, 2.75) is 13.3 Å². The van der Waals surface area contributed by atoms with E-state index in [0.29, 0.717) is 5.84 Å². The Morgan fingerprint density at radius 3 is 1.76 bits per heavy atom. The highest BCUT2D eigenvalue weighted by Gasteiger charge is 2.25. The molecule has 0 fully saturated rings. The maximum Gasteiger partial charge on any atom is 0.160 e. The summed E-state index contributed by atoms with van der Waals surface area (Å²) in [6.45, 7) is 2.28. The fourth-order valence-corrected chi connectivity index (χ4v) is 9.48. The van der Waals surface area contributed by atoms with Gasteiger partial charge in [-0.05, 0) is 87.0 Å². The van der Waals surface area contributed by atoms with Crippen LogP contribution in [0.3, 0.4) is 0 Å². The number of fused-ring (bicyclic) bond motifs is 7. The van der Waals surface area contributed by atoms with Crippen molar-refractivity contribution in [2.75, 3.05) is 0 Å². The molecule has 3 heterocycles. The molecule has 0 radical (unpaired) electrons. The van der Waals surface area contributed by atoms with Crippen LogP contribution in [0, 0.1) is 5.92 Å². The van der Waals surface area contributed by atoms with Gasteiger partial charge < -0.3 is 8.98 Å². The molecular formula is C59H41N3O. The Labute approximate surface area is 365 Å². The lowest BCUT2D eigenvalue weighted by molar-refractivity contribution is 0.666. The van der Waals surface area contributed by atoms with Gasteiger partial charge >= 0.3 is 0 Å². The lowest BCUT2D eigenvalue weighted by Crippen LogP contribution is -2.17. The summed E-state index contributed by atoms with van der Waals surface area (Å²) in [4.78, 5) is 11.2. The standard InChI is InChI=1S/C59H41N3O/c1-38-24-34-51(43-29-25-41(26-30-43)39-14-4-2-5-15-39)60-59(61-57(38)44-31-27-42(28-32-44)40-16-6-3-7-17-40)49-33-35-53(58-56(49)48-21-11-13-23-55(48)63-58)62-52-22-12-10-20-47(52)50-36-45-18-8-9-19-46(45)37-54(50)62/h2-23,25-38H,24H2,1H3/b51-34+,60-59-,61-57+. The van der Waals surface area contributed by atoms with E-state index in [0.717, 1.165) is 73.2 Å². The van der Waals surface area contributed by atoms with Crippen LogP contribution in [-0.4, -0.2) is 16.1 Å². The van der Waals surface area contributed by atoms with Crippen LogP contribution in [0.15, 0.2) is 227 Å². The van der Waals surface area contributed by atoms with E-state index < -0.39 is 0 Å². The number of allylic oxidation sites excluding steroid dienone is 1. The van der Waals surface area contributed by atoms with Crippen LogP contribution < -0.4 is 0 Å². The molecule has 12 rings (SSSR count). The molecule has 2 aromatic heterocycles. The molecule has 0 saturated heterocycles. The Morgan fingerprint density at radius 2 is 1.05 bits per heavy atom. The van der Waals surface area contributed by atoms with E-state index in [4.69, 9.17) is 14.4 Å². The van der Waals surface area contributed by atoms with Gasteiger partial charge in [0.05, 0.1) is 28.1 Å². The van der Waals surface area contributed by atoms with Crippen LogP contribution in [0.2, 0.25) is 0 Å². The van der Waals surface area contributed by atoms with Crippen molar-refractivity contribution in [1.82, 2.24) is 4.57 Å². The summed E-state index contributed by atoms with van der Waals surface area (Å²) in [7, 11) is 0. The highest BCUT2D eigenvalue weighted by Crippen LogP contribution is 2.41. The second-order valence-corrected chi connectivity index (χ2v) is 16.5. The zero-order valence-corrected chi connectivity index (χ0v) is 34.7. The number of amidine groups is 1. The minimum atomic E-state index is 0.111. The van der Waals surface area contributed by atoms with Crippen molar-refractivity contribution >= 4 is 71.8 Å². The Morgan fingerprint density at radius 1 is 0.476 bits per heavy atom. The van der Waals surface area contributed by atoms with Gasteiger partial charge in [0.1, 0.15) is 5.58 Å². The minimum Gasteiger partial charge on any atom is -0.454 e. The number of hydrogen-bond acceptors (Lipinski definition) is 3. The van der Waals surface area contributed by atoms with Gasteiger partial charge in [0.2, 0.25) is 0 Å². The average Bonchev–Trinajstić information content (AvgIpc) is 3.89. The summed E-state index contributed by atoms with van der Waals surface area (Å²) < 4.78 is 9.37. The first-order valence-corrected chi connectivity index (χ1v) is 21.7. The summed E-state index contributed by atoms with van der Waals surface area (Å²) in [5, 5.41) is 6.83. The number of aliphatic imine (C=N–C) groups is 2. The predicted octanol–water partition coefficient (Wildman–Crippen LogP) is 15.5. The van der Waals surface area contributed by atoms with Crippen LogP contribution in [0.25, 0.3) is 88.2 Å². The van der Waals surface area contributed by atoms with Gasteiger partial charge in [0.25, 0.3) is 0 Å². The second kappa shape index (κ2) is 15.1. The molecule has 0 saturated carbocycles. The zero-order chi connectivity index (χ0) is 41.9. The van der Waals surface area contributed by atoms with E-state index in [1.165, 1.54) is 43.8 Å². The summed E-state index contributed by atoms with van der Waals surface area (Å²) in [5.74, 6) is 0.762. The highest BCUT2D eigenvalue weighted by atomic mass is 16.3. The van der Waals surface area contributed by atoms with E-state index in [9.17, 15) is 0 Å². The van der Waals surface area contributed by atoms with E-state index in [1.807, 2.05) is 6.07 Å². The average molecular weight is 808 g/mol. The molecule has 0 amide bonds. The van der Waals surface area contributed by atoms with E-state index in [-0.39, 0.29) is 5.92 Å². The number of furan rings is 1. The molecule has 0 bridgehead atoms. The van der Waals surface area contributed by atoms with Crippen LogP contribution in [0.5, 0.6) is 0 Å². The van der Waals surface area contributed by atoms with Gasteiger partial charge in [0.15, 0.2) is 11.4 Å². The molecular weight excluding hydrogens is 767 g/mol. The fraction of sp³-hybridized carbons (Fsp3) is 0.0508. The van der Waals surface area contributed by atoms with E-state index in [1.54, 1.807) is 0 Å². The summed E-state index contributed by atoms with van der Waals surface area (Å²) in [6.07, 6.45) is 3.08. The Hall–Kier alpha value is -8.08. The van der Waals surface area contributed by atoms with Crippen LogP contribution >= 0.6 is 0 Å². The molecule has 0 spiro atoms. The monoisotopic (exact) mass is 807 g/mol. The lowest BCUT2D eigenvalue weighted by atomic mass is 9.92. The van der Waals surface area contributed by atoms with Crippen LogP contribution in [0.4, 0.5) is 0 Å². The number of hydrogen-bond donors (Lipinski definition) is 0. The van der Waals surface area contributed by atoms with Gasteiger partial charge in [-0.3, -0.25) is 0 Å². The van der Waals surface area contributed by atoms with Crippen molar-refractivity contribution in [3.63, 3.8) is 0 Å². The van der Waals surface area contributed by atoms with Gasteiger partial charge in [0, 0.05) is 33.0 Å². The van der Waals surface area contributed by atoms with Crippen molar-refractivity contribution in [2.24, 2.45) is 15.9 Å². The first-order valence-electron chi connectivity index (χ1n) is 21.7. The summed E-state index contributed by atoms with van der Waals surface area (Å²) >= 11 is 0. The minimum absolute atomic E-state index is 0.111. The van der Waals surface area contributed by atoms with Gasteiger partial charge in [-0.1, -0.05) is 183 Å². The highest BCUT2D eigenvalue weighted by molar-refractivity contribution is 6.24. The normalized spacial score (nSPS) is 17.0. The molecule has 4 nitrogen and oxygen atoms in total. The smallest absolute Gasteiger partial charge is 0.160 e. The summed E-state index contributed by atoms with van der Waals surface area (Å²) in [6, 6.07) is 73.3. The van der Waals surface area contributed by atoms with Gasteiger partial charge in [-0.25, -0.2) is 9.98 Å². The molecule has 1 aliphatic heterocycles. The predicted molar refractivity (Wildman–Crippen MR) is 264 cm³/mol. The molecule has 9 aromatic carbocycles. The van der Waals surface area contributed by atoms with Gasteiger partial charge in [-0.15, -0.1) is 0 Å². The van der Waals surface area contributed by atoms with E-state index >= 15 is 0 Å². The molecule has 0 N–H and O–H groups in total. The van der Waals surface area contributed by atoms with E-state index in [2.05, 4.69) is 218 Å². The first kappa shape index (κ1) is 36.7. The number of aromatic nitrogens is 1. The molecule has 298 valence electrons. The van der Waals surface area contributed by atoms with Crippen molar-refractivity contribution < 1.29 is 4.42 Å². The third-order valence-electron chi connectivity index (χ3n) is 12.7. The topological polar surface area (TPSA) is 42.8 Å². The largest absolute Gasteiger partial charge is 0.454 e. The number of benzene rings is 9. The molecule has 1 aliphatic rings. The fourth-order valence-electron chi connectivity index (χ4n) is 9.48. The van der Waals surface area contributed by atoms with Gasteiger partial charge in [-0.2, -0.15) is 0 Å². The Kier molecular flexibility index (Phi) is 8.82. The lowest BCUT2D eigenvalue weighted by Gasteiger charge is -2.19. The zero-order valence-electron chi connectivity index (χ0n) is 34.7. The maximum absolute atomic E-state index is 7.00. The van der Waals surface area contributed by atoms with Crippen LogP contribution in [-0.2, 0) is 0 Å².